The van der Waals surface area contributed by atoms with E-state index in [-0.39, 0.29) is 29.9 Å². The summed E-state index contributed by atoms with van der Waals surface area (Å²) in [6.07, 6.45) is 1.72. The second-order valence-corrected chi connectivity index (χ2v) is 8.22. The first-order valence-electron chi connectivity index (χ1n) is 8.18. The lowest BCUT2D eigenvalue weighted by molar-refractivity contribution is -0.131. The second-order valence-electron chi connectivity index (χ2n) is 5.83. The van der Waals surface area contributed by atoms with Crippen LogP contribution < -0.4 is 0 Å². The van der Waals surface area contributed by atoms with E-state index in [1.165, 1.54) is 11.0 Å². The Morgan fingerprint density at radius 2 is 1.92 bits per heavy atom. The zero-order valence-electron chi connectivity index (χ0n) is 14.7. The fourth-order valence-corrected chi connectivity index (χ4v) is 3.78. The number of rotatable bonds is 8. The quantitative estimate of drug-likeness (QED) is 0.689. The molecule has 0 fully saturated rings. The average molecular weight is 365 g/mol. The molecule has 8 nitrogen and oxygen atoms in total. The number of tetrazole rings is 1. The maximum atomic E-state index is 12.6. The highest BCUT2D eigenvalue weighted by Gasteiger charge is 2.23. The summed E-state index contributed by atoms with van der Waals surface area (Å²) in [7, 11) is -3.13. The maximum absolute atomic E-state index is 12.6. The molecule has 0 radical (unpaired) electrons. The van der Waals surface area contributed by atoms with Crippen molar-refractivity contribution in [2.75, 3.05) is 18.1 Å². The summed E-state index contributed by atoms with van der Waals surface area (Å²) in [5.74, 6) is -0.0142. The van der Waals surface area contributed by atoms with Crippen molar-refractivity contribution in [1.29, 1.82) is 0 Å². The summed E-state index contributed by atoms with van der Waals surface area (Å²) in [5.41, 5.74) is 1.65. The van der Waals surface area contributed by atoms with Gasteiger partial charge in [-0.15, -0.1) is 5.10 Å². The molecule has 0 N–H and O–H groups in total. The summed E-state index contributed by atoms with van der Waals surface area (Å²) in [6, 6.07) is 7.01. The highest BCUT2D eigenvalue weighted by molar-refractivity contribution is 7.91. The lowest BCUT2D eigenvalue weighted by Crippen LogP contribution is -2.43. The minimum Gasteiger partial charge on any atom is -0.339 e. The van der Waals surface area contributed by atoms with Gasteiger partial charge in [0.15, 0.2) is 9.84 Å². The van der Waals surface area contributed by atoms with Gasteiger partial charge >= 0.3 is 0 Å². The van der Waals surface area contributed by atoms with Crippen molar-refractivity contribution in [2.24, 2.45) is 0 Å². The highest BCUT2D eigenvalue weighted by Crippen LogP contribution is 2.11. The minimum absolute atomic E-state index is 0.0126. The summed E-state index contributed by atoms with van der Waals surface area (Å²) < 4.78 is 25.1. The predicted octanol–water partition coefficient (Wildman–Crippen LogP) is 0.876. The molecule has 1 aromatic heterocycles. The van der Waals surface area contributed by atoms with Crippen LogP contribution in [0.5, 0.6) is 0 Å². The molecule has 0 aliphatic heterocycles. The van der Waals surface area contributed by atoms with E-state index in [2.05, 4.69) is 15.5 Å². The van der Waals surface area contributed by atoms with Crippen LogP contribution in [-0.4, -0.2) is 63.5 Å². The van der Waals surface area contributed by atoms with Crippen molar-refractivity contribution in [3.05, 3.63) is 36.2 Å². The molecule has 1 unspecified atom stereocenters. The van der Waals surface area contributed by atoms with Crippen LogP contribution in [0, 0.1) is 0 Å². The van der Waals surface area contributed by atoms with Crippen LogP contribution in [-0.2, 0) is 21.1 Å². The zero-order valence-corrected chi connectivity index (χ0v) is 15.5. The van der Waals surface area contributed by atoms with Gasteiger partial charge in [-0.3, -0.25) is 4.79 Å². The minimum atomic E-state index is -3.13. The van der Waals surface area contributed by atoms with Gasteiger partial charge in [0.2, 0.25) is 5.91 Å². The summed E-state index contributed by atoms with van der Waals surface area (Å²) in [6.45, 7) is 5.72. The average Bonchev–Trinajstić information content (AvgIpc) is 3.10. The van der Waals surface area contributed by atoms with Crippen LogP contribution >= 0.6 is 0 Å². The Balaban J connectivity index is 2.04. The largest absolute Gasteiger partial charge is 0.339 e. The van der Waals surface area contributed by atoms with Gasteiger partial charge in [-0.05, 0) is 42.0 Å². The normalized spacial score (nSPS) is 12.8. The molecule has 1 amide bonds. The third-order valence-electron chi connectivity index (χ3n) is 4.03. The Morgan fingerprint density at radius 3 is 2.44 bits per heavy atom. The molecule has 1 aromatic carbocycles. The van der Waals surface area contributed by atoms with Crippen LogP contribution in [0.25, 0.3) is 5.69 Å². The Morgan fingerprint density at radius 1 is 1.24 bits per heavy atom. The van der Waals surface area contributed by atoms with Crippen LogP contribution in [0.4, 0.5) is 0 Å². The third kappa shape index (κ3) is 5.09. The number of carbonyl (C=O) groups excluding carboxylic acids is 1. The van der Waals surface area contributed by atoms with E-state index in [0.29, 0.717) is 6.54 Å². The molecule has 1 atom stereocenters. The Kier molecular flexibility index (Phi) is 6.24. The van der Waals surface area contributed by atoms with E-state index in [1.807, 2.05) is 31.2 Å². The highest BCUT2D eigenvalue weighted by atomic mass is 32.2. The first kappa shape index (κ1) is 19.0. The second kappa shape index (κ2) is 8.19. The van der Waals surface area contributed by atoms with Gasteiger partial charge in [0.05, 0.1) is 17.9 Å². The number of carbonyl (C=O) groups is 1. The predicted molar refractivity (Wildman–Crippen MR) is 94.0 cm³/mol. The number of benzene rings is 1. The Hall–Kier alpha value is -2.29. The van der Waals surface area contributed by atoms with E-state index in [1.54, 1.807) is 18.7 Å². The summed E-state index contributed by atoms with van der Waals surface area (Å²) >= 11 is 0. The molecule has 0 saturated carbocycles. The van der Waals surface area contributed by atoms with Crippen LogP contribution in [0.15, 0.2) is 30.6 Å². The molecule has 1 heterocycles. The van der Waals surface area contributed by atoms with Crippen molar-refractivity contribution in [3.8, 4) is 5.69 Å². The van der Waals surface area contributed by atoms with Crippen LogP contribution in [0.2, 0.25) is 0 Å². The lowest BCUT2D eigenvalue weighted by Gasteiger charge is -2.28. The summed E-state index contributed by atoms with van der Waals surface area (Å²) in [4.78, 5) is 14.2. The van der Waals surface area contributed by atoms with Crippen molar-refractivity contribution in [2.45, 2.75) is 33.2 Å². The van der Waals surface area contributed by atoms with Gasteiger partial charge in [0.1, 0.15) is 6.33 Å². The number of aromatic nitrogens is 4. The standard InChI is InChI=1S/C16H23N5O3S/c1-4-20(13(3)11-25(23,24)5-2)16(22)10-14-6-8-15(9-7-14)21-12-17-18-19-21/h6-9,12-13H,4-5,10-11H2,1-3H3. The van der Waals surface area contributed by atoms with Gasteiger partial charge in [0, 0.05) is 18.3 Å². The van der Waals surface area contributed by atoms with E-state index in [9.17, 15) is 13.2 Å². The van der Waals surface area contributed by atoms with Crippen molar-refractivity contribution in [1.82, 2.24) is 25.1 Å². The van der Waals surface area contributed by atoms with E-state index in [0.717, 1.165) is 11.3 Å². The molecule has 0 aliphatic rings. The molecule has 2 aromatic rings. The fourth-order valence-electron chi connectivity index (χ4n) is 2.63. The molecule has 25 heavy (non-hydrogen) atoms. The first-order chi connectivity index (χ1) is 11.9. The SMILES string of the molecule is CCN(C(=O)Cc1ccc(-n2cnnn2)cc1)C(C)CS(=O)(=O)CC. The number of nitrogens with zero attached hydrogens (tertiary/aromatic N) is 5. The first-order valence-corrected chi connectivity index (χ1v) is 10.0. The molecule has 0 saturated heterocycles. The van der Waals surface area contributed by atoms with Gasteiger partial charge in [-0.2, -0.15) is 0 Å². The molecule has 2 rings (SSSR count). The van der Waals surface area contributed by atoms with E-state index in [4.69, 9.17) is 0 Å². The fraction of sp³-hybridized carbons (Fsp3) is 0.500. The van der Waals surface area contributed by atoms with Crippen LogP contribution in [0.1, 0.15) is 26.3 Å². The molecule has 136 valence electrons. The zero-order chi connectivity index (χ0) is 18.4. The van der Waals surface area contributed by atoms with Gasteiger partial charge in [-0.1, -0.05) is 19.1 Å². The number of amides is 1. The van der Waals surface area contributed by atoms with Gasteiger partial charge < -0.3 is 4.90 Å². The monoisotopic (exact) mass is 365 g/mol. The van der Waals surface area contributed by atoms with Crippen molar-refractivity contribution in [3.63, 3.8) is 0 Å². The lowest BCUT2D eigenvalue weighted by atomic mass is 10.1. The van der Waals surface area contributed by atoms with Crippen LogP contribution in [0.3, 0.4) is 0 Å². The number of likely N-dealkylation sites (N-methyl/N-ethyl adjacent to an activating group) is 1. The molecule has 0 aliphatic carbocycles. The van der Waals surface area contributed by atoms with Gasteiger partial charge in [-0.25, -0.2) is 13.1 Å². The van der Waals surface area contributed by atoms with Gasteiger partial charge in [0.25, 0.3) is 0 Å². The Bertz CT molecular complexity index is 788. The molecule has 9 heteroatoms. The summed E-state index contributed by atoms with van der Waals surface area (Å²) in [5, 5.41) is 11.0. The third-order valence-corrected chi connectivity index (χ3v) is 5.90. The Labute approximate surface area is 147 Å². The van der Waals surface area contributed by atoms with E-state index < -0.39 is 9.84 Å². The van der Waals surface area contributed by atoms with Crippen molar-refractivity contribution < 1.29 is 13.2 Å². The van der Waals surface area contributed by atoms with Crippen molar-refractivity contribution >= 4 is 15.7 Å². The maximum Gasteiger partial charge on any atom is 0.227 e. The molecular weight excluding hydrogens is 342 g/mol. The number of sulfone groups is 1. The molecule has 0 spiro atoms. The topological polar surface area (TPSA) is 98.1 Å². The van der Waals surface area contributed by atoms with E-state index >= 15 is 0 Å². The smallest absolute Gasteiger partial charge is 0.227 e. The molecular formula is C16H23N5O3S. The number of hydrogen-bond acceptors (Lipinski definition) is 6. The molecule has 0 bridgehead atoms. The number of hydrogen-bond donors (Lipinski definition) is 0.